The maximum Gasteiger partial charge on any atom is 0.335 e. The standard InChI is InChI=1S/C29H24N4O4/c1-18-12-13-22(14-19(18)2)33-28(36)24(27(35)31-29(33)37)15-20-16-32(25-11-7-6-10-23(20)25)17-26(34)30-21-8-4-3-5-9-21/h3-16H,17H2,1-2H3,(H,30,34)(H,31,35,37)/b24-15-. The van der Waals surface area contributed by atoms with Crippen molar-refractivity contribution >= 4 is 52.1 Å². The van der Waals surface area contributed by atoms with Crippen LogP contribution in [0.4, 0.5) is 16.2 Å². The molecule has 3 aromatic carbocycles. The highest BCUT2D eigenvalue weighted by Gasteiger charge is 2.37. The number of amides is 5. The molecule has 5 rings (SSSR count). The molecule has 1 aliphatic heterocycles. The van der Waals surface area contributed by atoms with E-state index in [1.165, 1.54) is 6.08 Å². The predicted molar refractivity (Wildman–Crippen MR) is 142 cm³/mol. The molecule has 4 aromatic rings. The van der Waals surface area contributed by atoms with Gasteiger partial charge in [-0.1, -0.05) is 42.5 Å². The van der Waals surface area contributed by atoms with E-state index in [0.717, 1.165) is 26.9 Å². The quantitative estimate of drug-likeness (QED) is 0.315. The molecule has 1 fully saturated rings. The summed E-state index contributed by atoms with van der Waals surface area (Å²) in [6.45, 7) is 3.85. The molecule has 0 unspecified atom stereocenters. The number of anilines is 2. The number of nitrogens with one attached hydrogen (secondary N) is 2. The molecule has 2 heterocycles. The van der Waals surface area contributed by atoms with E-state index in [4.69, 9.17) is 0 Å². The molecule has 0 atom stereocenters. The summed E-state index contributed by atoms with van der Waals surface area (Å²) < 4.78 is 1.76. The first-order chi connectivity index (χ1) is 17.8. The van der Waals surface area contributed by atoms with E-state index < -0.39 is 17.8 Å². The largest absolute Gasteiger partial charge is 0.337 e. The Morgan fingerprint density at radius 1 is 0.919 bits per heavy atom. The molecular weight excluding hydrogens is 468 g/mol. The number of fused-ring (bicyclic) bond motifs is 1. The zero-order valence-electron chi connectivity index (χ0n) is 20.3. The van der Waals surface area contributed by atoms with Crippen LogP contribution in [0.25, 0.3) is 17.0 Å². The lowest BCUT2D eigenvalue weighted by Crippen LogP contribution is -2.54. The number of para-hydroxylation sites is 2. The molecule has 37 heavy (non-hydrogen) atoms. The second-order valence-electron chi connectivity index (χ2n) is 8.87. The number of aromatic nitrogens is 1. The minimum atomic E-state index is -0.796. The third-order valence-corrected chi connectivity index (χ3v) is 6.34. The van der Waals surface area contributed by atoms with Gasteiger partial charge in [0.1, 0.15) is 12.1 Å². The number of hydrogen-bond donors (Lipinski definition) is 2. The van der Waals surface area contributed by atoms with Crippen molar-refractivity contribution in [2.75, 3.05) is 10.2 Å². The number of carbonyl (C=O) groups excluding carboxylic acids is 4. The second-order valence-corrected chi connectivity index (χ2v) is 8.87. The fourth-order valence-corrected chi connectivity index (χ4v) is 4.31. The third-order valence-electron chi connectivity index (χ3n) is 6.34. The summed E-state index contributed by atoms with van der Waals surface area (Å²) in [5, 5.41) is 5.89. The van der Waals surface area contributed by atoms with Gasteiger partial charge in [0, 0.05) is 28.4 Å². The Labute approximate surface area is 213 Å². The summed E-state index contributed by atoms with van der Waals surface area (Å²) in [5.74, 6) is -1.70. The number of carbonyl (C=O) groups is 4. The average Bonchev–Trinajstić information content (AvgIpc) is 3.21. The van der Waals surface area contributed by atoms with Gasteiger partial charge < -0.3 is 9.88 Å². The van der Waals surface area contributed by atoms with Gasteiger partial charge in [-0.25, -0.2) is 9.69 Å². The van der Waals surface area contributed by atoms with Crippen LogP contribution >= 0.6 is 0 Å². The SMILES string of the molecule is Cc1ccc(N2C(=O)NC(=O)/C(=C/c3cn(CC(=O)Nc4ccccc4)c4ccccc34)C2=O)cc1C. The van der Waals surface area contributed by atoms with Gasteiger partial charge in [-0.15, -0.1) is 0 Å². The van der Waals surface area contributed by atoms with Crippen LogP contribution in [0.15, 0.2) is 84.6 Å². The van der Waals surface area contributed by atoms with Crippen LogP contribution in [0.1, 0.15) is 16.7 Å². The van der Waals surface area contributed by atoms with Crippen molar-refractivity contribution in [3.63, 3.8) is 0 Å². The summed E-state index contributed by atoms with van der Waals surface area (Å²) in [5.41, 5.74) is 4.17. The molecule has 1 aliphatic rings. The Hall–Kier alpha value is -4.98. The normalized spacial score (nSPS) is 14.8. The summed E-state index contributed by atoms with van der Waals surface area (Å²) in [6.07, 6.45) is 3.19. The zero-order valence-corrected chi connectivity index (χ0v) is 20.3. The summed E-state index contributed by atoms with van der Waals surface area (Å²) in [4.78, 5) is 52.4. The van der Waals surface area contributed by atoms with Gasteiger partial charge in [0.15, 0.2) is 0 Å². The van der Waals surface area contributed by atoms with Gasteiger partial charge in [-0.05, 0) is 61.4 Å². The van der Waals surface area contributed by atoms with Crippen LogP contribution in [-0.2, 0) is 20.9 Å². The number of urea groups is 1. The molecule has 0 bridgehead atoms. The summed E-state index contributed by atoms with van der Waals surface area (Å²) in [6, 6.07) is 21.0. The minimum absolute atomic E-state index is 0.0337. The predicted octanol–water partition coefficient (Wildman–Crippen LogP) is 4.56. The van der Waals surface area contributed by atoms with Gasteiger partial charge in [-0.2, -0.15) is 0 Å². The zero-order chi connectivity index (χ0) is 26.1. The molecular formula is C29H24N4O4. The van der Waals surface area contributed by atoms with E-state index in [1.54, 1.807) is 35.0 Å². The molecule has 1 aromatic heterocycles. The maximum atomic E-state index is 13.4. The second kappa shape index (κ2) is 9.58. The van der Waals surface area contributed by atoms with Crippen LogP contribution < -0.4 is 15.5 Å². The van der Waals surface area contributed by atoms with E-state index >= 15 is 0 Å². The maximum absolute atomic E-state index is 13.4. The van der Waals surface area contributed by atoms with Gasteiger partial charge >= 0.3 is 6.03 Å². The molecule has 8 heteroatoms. The van der Waals surface area contributed by atoms with Crippen LogP contribution in [0.3, 0.4) is 0 Å². The van der Waals surface area contributed by atoms with Crippen LogP contribution in [0.5, 0.6) is 0 Å². The van der Waals surface area contributed by atoms with Crippen molar-refractivity contribution in [3.05, 3.63) is 101 Å². The molecule has 1 saturated heterocycles. The van der Waals surface area contributed by atoms with Gasteiger partial charge in [0.25, 0.3) is 11.8 Å². The first kappa shape index (κ1) is 23.7. The number of aryl methyl sites for hydroxylation is 2. The van der Waals surface area contributed by atoms with Crippen molar-refractivity contribution < 1.29 is 19.2 Å². The van der Waals surface area contributed by atoms with Crippen molar-refractivity contribution in [2.45, 2.75) is 20.4 Å². The highest BCUT2D eigenvalue weighted by molar-refractivity contribution is 6.39. The van der Waals surface area contributed by atoms with Crippen LogP contribution in [0.2, 0.25) is 0 Å². The summed E-state index contributed by atoms with van der Waals surface area (Å²) >= 11 is 0. The highest BCUT2D eigenvalue weighted by atomic mass is 16.2. The van der Waals surface area contributed by atoms with E-state index in [0.29, 0.717) is 16.9 Å². The number of hydrogen-bond acceptors (Lipinski definition) is 4. The Kier molecular flexibility index (Phi) is 6.15. The van der Waals surface area contributed by atoms with Crippen molar-refractivity contribution in [3.8, 4) is 0 Å². The minimum Gasteiger partial charge on any atom is -0.337 e. The Balaban J connectivity index is 1.49. The third kappa shape index (κ3) is 4.64. The van der Waals surface area contributed by atoms with E-state index in [1.807, 2.05) is 62.4 Å². The first-order valence-electron chi connectivity index (χ1n) is 11.7. The molecule has 0 spiro atoms. The lowest BCUT2D eigenvalue weighted by atomic mass is 10.0. The van der Waals surface area contributed by atoms with Gasteiger partial charge in [0.05, 0.1) is 5.69 Å². The molecule has 184 valence electrons. The lowest BCUT2D eigenvalue weighted by Gasteiger charge is -2.26. The fraction of sp³-hybridized carbons (Fsp3) is 0.103. The Morgan fingerprint density at radius 3 is 2.41 bits per heavy atom. The smallest absolute Gasteiger partial charge is 0.335 e. The van der Waals surface area contributed by atoms with Crippen LogP contribution in [0, 0.1) is 13.8 Å². The fourth-order valence-electron chi connectivity index (χ4n) is 4.31. The topological polar surface area (TPSA) is 101 Å². The lowest BCUT2D eigenvalue weighted by molar-refractivity contribution is -0.122. The monoisotopic (exact) mass is 492 g/mol. The average molecular weight is 493 g/mol. The highest BCUT2D eigenvalue weighted by Crippen LogP contribution is 2.27. The van der Waals surface area contributed by atoms with Gasteiger partial charge in [0.2, 0.25) is 5.91 Å². The van der Waals surface area contributed by atoms with E-state index in [2.05, 4.69) is 10.6 Å². The van der Waals surface area contributed by atoms with Crippen molar-refractivity contribution in [1.29, 1.82) is 0 Å². The number of barbiturate groups is 1. The van der Waals surface area contributed by atoms with Gasteiger partial charge in [-0.3, -0.25) is 19.7 Å². The molecule has 8 nitrogen and oxygen atoms in total. The number of imide groups is 2. The Bertz CT molecular complexity index is 1600. The van der Waals surface area contributed by atoms with Crippen molar-refractivity contribution in [2.24, 2.45) is 0 Å². The van der Waals surface area contributed by atoms with Crippen molar-refractivity contribution in [1.82, 2.24) is 9.88 Å². The number of rotatable bonds is 5. The number of nitrogens with zero attached hydrogens (tertiary/aromatic N) is 2. The first-order valence-corrected chi connectivity index (χ1v) is 11.7. The van der Waals surface area contributed by atoms with E-state index in [-0.39, 0.29) is 18.0 Å². The van der Waals surface area contributed by atoms with E-state index in [9.17, 15) is 19.2 Å². The molecule has 0 saturated carbocycles. The molecule has 0 radical (unpaired) electrons. The van der Waals surface area contributed by atoms with Crippen LogP contribution in [-0.4, -0.2) is 28.3 Å². The summed E-state index contributed by atoms with van der Waals surface area (Å²) in [7, 11) is 0. The Morgan fingerprint density at radius 2 is 1.65 bits per heavy atom. The molecule has 0 aliphatic carbocycles. The molecule has 2 N–H and O–H groups in total. The molecule has 5 amide bonds. The number of benzene rings is 3.